The number of anilines is 2. The smallest absolute Gasteiger partial charge is 0.207 e. The van der Waals surface area contributed by atoms with Gasteiger partial charge < -0.3 is 9.88 Å². The predicted molar refractivity (Wildman–Crippen MR) is 79.6 cm³/mol. The third-order valence-electron chi connectivity index (χ3n) is 2.40. The van der Waals surface area contributed by atoms with Gasteiger partial charge in [0.05, 0.1) is 11.4 Å². The number of hydrogen-bond acceptors (Lipinski definition) is 2. The lowest BCUT2D eigenvalue weighted by Gasteiger charge is -2.09. The van der Waals surface area contributed by atoms with E-state index in [2.05, 4.69) is 32.8 Å². The third-order valence-corrected chi connectivity index (χ3v) is 3.29. The number of hydrogen-bond donors (Lipinski definition) is 1. The first kappa shape index (κ1) is 13.2. The fraction of sp³-hybridized carbons (Fsp3) is 0.154. The van der Waals surface area contributed by atoms with Crippen molar-refractivity contribution in [3.05, 3.63) is 52.2 Å². The van der Waals surface area contributed by atoms with Crippen molar-refractivity contribution >= 4 is 39.2 Å². The second kappa shape index (κ2) is 5.59. The average molecular weight is 327 g/mol. The summed E-state index contributed by atoms with van der Waals surface area (Å²) < 4.78 is 2.91. The van der Waals surface area contributed by atoms with E-state index in [0.717, 1.165) is 21.8 Å². The molecule has 2 aromatic rings. The first-order valence-corrected chi connectivity index (χ1v) is 6.64. The van der Waals surface area contributed by atoms with Crippen LogP contribution >= 0.6 is 27.5 Å². The van der Waals surface area contributed by atoms with E-state index in [-0.39, 0.29) is 0 Å². The van der Waals surface area contributed by atoms with Crippen molar-refractivity contribution in [3.63, 3.8) is 0 Å². The van der Waals surface area contributed by atoms with Gasteiger partial charge >= 0.3 is 0 Å². The fourth-order valence-corrected chi connectivity index (χ4v) is 2.42. The van der Waals surface area contributed by atoms with E-state index >= 15 is 0 Å². The molecule has 3 nitrogen and oxygen atoms in total. The van der Waals surface area contributed by atoms with Crippen LogP contribution in [0.4, 0.5) is 11.6 Å². The van der Waals surface area contributed by atoms with Crippen LogP contribution in [-0.2, 0) is 6.54 Å². The summed E-state index contributed by atoms with van der Waals surface area (Å²) in [7, 11) is 0. The van der Waals surface area contributed by atoms with Gasteiger partial charge in [-0.2, -0.15) is 0 Å². The molecular formula is C13H13BrClN3. The molecule has 18 heavy (non-hydrogen) atoms. The van der Waals surface area contributed by atoms with Crippen molar-refractivity contribution in [2.75, 3.05) is 5.32 Å². The zero-order valence-electron chi connectivity index (χ0n) is 9.95. The van der Waals surface area contributed by atoms with Crippen molar-refractivity contribution in [1.29, 1.82) is 0 Å². The van der Waals surface area contributed by atoms with Gasteiger partial charge in [0.25, 0.3) is 0 Å². The molecule has 0 aliphatic carbocycles. The van der Waals surface area contributed by atoms with Crippen LogP contribution in [0.15, 0.2) is 41.5 Å². The van der Waals surface area contributed by atoms with Crippen LogP contribution in [0.5, 0.6) is 0 Å². The highest BCUT2D eigenvalue weighted by Crippen LogP contribution is 2.28. The highest BCUT2D eigenvalue weighted by molar-refractivity contribution is 9.10. The molecule has 0 unspecified atom stereocenters. The second-order valence-corrected chi connectivity index (χ2v) is 5.19. The van der Waals surface area contributed by atoms with E-state index in [1.807, 2.05) is 42.0 Å². The van der Waals surface area contributed by atoms with Crippen LogP contribution in [0.3, 0.4) is 0 Å². The summed E-state index contributed by atoms with van der Waals surface area (Å²) in [6.45, 7) is 6.42. The van der Waals surface area contributed by atoms with Gasteiger partial charge in [-0.1, -0.05) is 17.7 Å². The van der Waals surface area contributed by atoms with Crippen LogP contribution in [0.1, 0.15) is 5.69 Å². The molecule has 0 saturated carbocycles. The number of allylic oxidation sites excluding steroid dienone is 1. The van der Waals surface area contributed by atoms with Gasteiger partial charge in [-0.25, -0.2) is 4.98 Å². The molecule has 94 valence electrons. The van der Waals surface area contributed by atoms with E-state index in [9.17, 15) is 0 Å². The minimum atomic E-state index is 0.693. The zero-order chi connectivity index (χ0) is 13.1. The number of nitrogens with zero attached hydrogens (tertiary/aromatic N) is 2. The first-order chi connectivity index (χ1) is 8.60. The minimum Gasteiger partial charge on any atom is -0.325 e. The Bertz CT molecular complexity index is 578. The Morgan fingerprint density at radius 1 is 1.56 bits per heavy atom. The van der Waals surface area contributed by atoms with Gasteiger partial charge in [-0.05, 0) is 41.1 Å². The lowest BCUT2D eigenvalue weighted by atomic mass is 10.3. The molecule has 0 aliphatic heterocycles. The Labute approximate surface area is 120 Å². The summed E-state index contributed by atoms with van der Waals surface area (Å²) in [5.41, 5.74) is 1.89. The molecule has 0 aliphatic rings. The van der Waals surface area contributed by atoms with Gasteiger partial charge in [0.2, 0.25) is 5.95 Å². The highest BCUT2D eigenvalue weighted by atomic mass is 79.9. The van der Waals surface area contributed by atoms with E-state index in [1.165, 1.54) is 0 Å². The molecular weight excluding hydrogens is 314 g/mol. The Hall–Kier alpha value is -1.26. The van der Waals surface area contributed by atoms with Crippen LogP contribution in [-0.4, -0.2) is 9.55 Å². The van der Waals surface area contributed by atoms with Crippen molar-refractivity contribution in [3.8, 4) is 0 Å². The molecule has 1 aromatic carbocycles. The molecule has 2 rings (SSSR count). The van der Waals surface area contributed by atoms with Crippen LogP contribution in [0, 0.1) is 6.92 Å². The van der Waals surface area contributed by atoms with Gasteiger partial charge in [-0.15, -0.1) is 6.58 Å². The van der Waals surface area contributed by atoms with E-state index in [4.69, 9.17) is 11.6 Å². The molecule has 1 aromatic heterocycles. The van der Waals surface area contributed by atoms with E-state index < -0.39 is 0 Å². The number of halogens is 2. The summed E-state index contributed by atoms with van der Waals surface area (Å²) in [6.07, 6.45) is 3.82. The maximum atomic E-state index is 5.91. The number of rotatable bonds is 4. The molecule has 0 amide bonds. The molecule has 0 atom stereocenters. The molecule has 0 saturated heterocycles. The lowest BCUT2D eigenvalue weighted by Crippen LogP contribution is -2.02. The molecule has 0 bridgehead atoms. The monoisotopic (exact) mass is 325 g/mol. The van der Waals surface area contributed by atoms with Crippen molar-refractivity contribution in [2.45, 2.75) is 13.5 Å². The maximum absolute atomic E-state index is 5.91. The van der Waals surface area contributed by atoms with Gasteiger partial charge in [0.1, 0.15) is 0 Å². The van der Waals surface area contributed by atoms with Crippen LogP contribution in [0.2, 0.25) is 5.02 Å². The Morgan fingerprint density at radius 2 is 2.33 bits per heavy atom. The lowest BCUT2D eigenvalue weighted by molar-refractivity contribution is 0.832. The zero-order valence-corrected chi connectivity index (χ0v) is 12.3. The van der Waals surface area contributed by atoms with Crippen LogP contribution in [0.25, 0.3) is 0 Å². The van der Waals surface area contributed by atoms with Crippen LogP contribution < -0.4 is 5.32 Å². The predicted octanol–water partition coefficient (Wildman–Crippen LogP) is 4.54. The number of imidazole rings is 1. The number of aromatic nitrogens is 2. The summed E-state index contributed by atoms with van der Waals surface area (Å²) in [6, 6.07) is 5.59. The van der Waals surface area contributed by atoms with E-state index in [0.29, 0.717) is 11.6 Å². The highest BCUT2D eigenvalue weighted by Gasteiger charge is 2.07. The Balaban J connectivity index is 2.30. The minimum absolute atomic E-state index is 0.693. The topological polar surface area (TPSA) is 29.9 Å². The number of benzene rings is 1. The summed E-state index contributed by atoms with van der Waals surface area (Å²) in [5.74, 6) is 0.787. The SMILES string of the molecule is C=CCn1cc(C)nc1Nc1ccc(Cl)cc1Br. The third kappa shape index (κ3) is 2.94. The summed E-state index contributed by atoms with van der Waals surface area (Å²) >= 11 is 9.38. The maximum Gasteiger partial charge on any atom is 0.207 e. The van der Waals surface area contributed by atoms with Crippen molar-refractivity contribution in [2.24, 2.45) is 0 Å². The van der Waals surface area contributed by atoms with Gasteiger partial charge in [0.15, 0.2) is 0 Å². The summed E-state index contributed by atoms with van der Waals surface area (Å²) in [5, 5.41) is 3.96. The van der Waals surface area contributed by atoms with Crippen molar-refractivity contribution < 1.29 is 0 Å². The first-order valence-electron chi connectivity index (χ1n) is 5.47. The summed E-state index contributed by atoms with van der Waals surface area (Å²) in [4.78, 5) is 4.44. The quantitative estimate of drug-likeness (QED) is 0.836. The number of nitrogens with one attached hydrogen (secondary N) is 1. The molecule has 0 fully saturated rings. The van der Waals surface area contributed by atoms with Crippen molar-refractivity contribution in [1.82, 2.24) is 9.55 Å². The fourth-order valence-electron chi connectivity index (χ4n) is 1.64. The van der Waals surface area contributed by atoms with Gasteiger partial charge in [0, 0.05) is 22.2 Å². The molecule has 5 heteroatoms. The molecule has 1 heterocycles. The average Bonchev–Trinajstić information content (AvgIpc) is 2.64. The van der Waals surface area contributed by atoms with Gasteiger partial charge in [-0.3, -0.25) is 0 Å². The largest absolute Gasteiger partial charge is 0.325 e. The van der Waals surface area contributed by atoms with E-state index in [1.54, 1.807) is 0 Å². The Kier molecular flexibility index (Phi) is 4.09. The molecule has 0 spiro atoms. The second-order valence-electron chi connectivity index (χ2n) is 3.90. The molecule has 0 radical (unpaired) electrons. The standard InChI is InChI=1S/C13H13BrClN3/c1-3-6-18-8-9(2)16-13(18)17-12-5-4-10(15)7-11(12)14/h3-5,7-8H,1,6H2,2H3,(H,16,17). The Morgan fingerprint density at radius 3 is 3.00 bits per heavy atom. The number of aryl methyl sites for hydroxylation is 1. The normalized spacial score (nSPS) is 10.4. The molecule has 1 N–H and O–H groups in total.